The van der Waals surface area contributed by atoms with Crippen molar-refractivity contribution < 1.29 is 4.79 Å². The van der Waals surface area contributed by atoms with Gasteiger partial charge in [-0.3, -0.25) is 9.59 Å². The molecule has 8 heteroatoms. The zero-order valence-electron chi connectivity index (χ0n) is 16.8. The first kappa shape index (κ1) is 19.6. The molecule has 4 rings (SSSR count). The number of carbonyl (C=O) groups is 1. The molecule has 154 valence electrons. The van der Waals surface area contributed by atoms with Crippen molar-refractivity contribution in [3.05, 3.63) is 40.6 Å². The number of anilines is 1. The number of hydrogen-bond donors (Lipinski definition) is 2. The van der Waals surface area contributed by atoms with Crippen LogP contribution in [0.15, 0.2) is 29.3 Å². The Bertz CT molecular complexity index is 972. The number of carbonyl (C=O) groups excluding carboxylic acids is 1. The van der Waals surface area contributed by atoms with Crippen LogP contribution in [-0.2, 0) is 11.3 Å². The Morgan fingerprint density at radius 3 is 2.83 bits per heavy atom. The largest absolute Gasteiger partial charge is 0.384 e. The number of rotatable bonds is 5. The summed E-state index contributed by atoms with van der Waals surface area (Å²) in [5, 5.41) is 0. The zero-order chi connectivity index (χ0) is 20.5. The number of hydrogen-bond acceptors (Lipinski definition) is 6. The molecule has 0 aromatic carbocycles. The van der Waals surface area contributed by atoms with Gasteiger partial charge in [-0.1, -0.05) is 19.8 Å². The Balaban J connectivity index is 1.62. The van der Waals surface area contributed by atoms with E-state index in [1.54, 1.807) is 12.1 Å². The first-order valence-corrected chi connectivity index (χ1v) is 10.3. The SMILES string of the molecule is CCCC[C@H](N)C(=O)N1C[C@@H]2C[C@H](C1)c1cc(-c3cc(N)ncn3)cc(=O)n1C2. The van der Waals surface area contributed by atoms with Crippen molar-refractivity contribution in [1.82, 2.24) is 19.4 Å². The minimum absolute atomic E-state index is 0.0312. The summed E-state index contributed by atoms with van der Waals surface area (Å²) in [6.45, 7) is 4.00. The lowest BCUT2D eigenvalue weighted by molar-refractivity contribution is -0.135. The summed E-state index contributed by atoms with van der Waals surface area (Å²) in [5.74, 6) is 0.797. The molecule has 2 bridgehead atoms. The van der Waals surface area contributed by atoms with Gasteiger partial charge in [-0.05, 0) is 24.8 Å². The van der Waals surface area contributed by atoms with Crippen molar-refractivity contribution >= 4 is 11.7 Å². The van der Waals surface area contributed by atoms with Crippen LogP contribution in [0.2, 0.25) is 0 Å². The highest BCUT2D eigenvalue weighted by atomic mass is 16.2. The third-order valence-corrected chi connectivity index (χ3v) is 6.04. The molecule has 2 aliphatic rings. The smallest absolute Gasteiger partial charge is 0.251 e. The monoisotopic (exact) mass is 396 g/mol. The first-order valence-electron chi connectivity index (χ1n) is 10.3. The van der Waals surface area contributed by atoms with Crippen LogP contribution in [0, 0.1) is 5.92 Å². The van der Waals surface area contributed by atoms with Gasteiger partial charge in [-0.2, -0.15) is 0 Å². The molecule has 1 fully saturated rings. The standard InChI is InChI=1S/C21H28N6O2/c1-2-3-4-16(22)21(29)26-9-13-5-15(11-26)18-6-14(7-20(28)27(18)10-13)17-8-19(23)25-12-24-17/h6-8,12-13,15-16H,2-5,9-11,22H2,1H3,(H2,23,24,25)/t13-,15+,16-/m0/s1. The topological polar surface area (TPSA) is 120 Å². The van der Waals surface area contributed by atoms with Crippen LogP contribution in [0.25, 0.3) is 11.3 Å². The summed E-state index contributed by atoms with van der Waals surface area (Å²) < 4.78 is 1.85. The number of unbranched alkanes of at least 4 members (excludes halogenated alkanes) is 1. The molecule has 1 amide bonds. The van der Waals surface area contributed by atoms with E-state index in [0.717, 1.165) is 36.9 Å². The van der Waals surface area contributed by atoms with E-state index in [-0.39, 0.29) is 23.3 Å². The average Bonchev–Trinajstić information content (AvgIpc) is 2.72. The molecule has 0 saturated carbocycles. The third kappa shape index (κ3) is 3.89. The van der Waals surface area contributed by atoms with E-state index in [4.69, 9.17) is 11.5 Å². The number of aromatic nitrogens is 3. The summed E-state index contributed by atoms with van der Waals surface area (Å²) in [4.78, 5) is 35.7. The number of nitrogens with two attached hydrogens (primary N) is 2. The molecule has 2 aromatic rings. The van der Waals surface area contributed by atoms with Crippen LogP contribution >= 0.6 is 0 Å². The molecule has 0 unspecified atom stereocenters. The maximum atomic E-state index is 12.8. The van der Waals surface area contributed by atoms with Gasteiger partial charge in [0.2, 0.25) is 5.91 Å². The van der Waals surface area contributed by atoms with Gasteiger partial charge in [0.25, 0.3) is 5.56 Å². The molecule has 0 spiro atoms. The summed E-state index contributed by atoms with van der Waals surface area (Å²) in [5.41, 5.74) is 14.2. The van der Waals surface area contributed by atoms with Crippen molar-refractivity contribution in [2.24, 2.45) is 11.7 Å². The molecule has 3 atom stereocenters. The Kier molecular flexibility index (Phi) is 5.36. The van der Waals surface area contributed by atoms with E-state index in [2.05, 4.69) is 16.9 Å². The minimum Gasteiger partial charge on any atom is -0.384 e. The van der Waals surface area contributed by atoms with E-state index in [9.17, 15) is 9.59 Å². The number of nitrogens with zero attached hydrogens (tertiary/aromatic N) is 4. The summed E-state index contributed by atoms with van der Waals surface area (Å²) in [6, 6.07) is 4.84. The number of nitrogen functional groups attached to an aromatic ring is 1. The van der Waals surface area contributed by atoms with Crippen LogP contribution in [0.5, 0.6) is 0 Å². The van der Waals surface area contributed by atoms with Gasteiger partial charge in [0.15, 0.2) is 0 Å². The number of likely N-dealkylation sites (tertiary alicyclic amines) is 1. The molecular formula is C21H28N6O2. The van der Waals surface area contributed by atoms with Gasteiger partial charge in [0, 0.05) is 48.9 Å². The maximum Gasteiger partial charge on any atom is 0.251 e. The van der Waals surface area contributed by atoms with Crippen molar-refractivity contribution in [3.63, 3.8) is 0 Å². The quantitative estimate of drug-likeness (QED) is 0.787. The van der Waals surface area contributed by atoms with Crippen molar-refractivity contribution in [2.75, 3.05) is 18.8 Å². The molecular weight excluding hydrogens is 368 g/mol. The molecule has 29 heavy (non-hydrogen) atoms. The molecule has 0 radical (unpaired) electrons. The fourth-order valence-corrected chi connectivity index (χ4v) is 4.60. The Hall–Kier alpha value is -2.74. The van der Waals surface area contributed by atoms with Gasteiger partial charge < -0.3 is 20.9 Å². The summed E-state index contributed by atoms with van der Waals surface area (Å²) in [6.07, 6.45) is 5.08. The number of piperidine rings is 1. The van der Waals surface area contributed by atoms with Crippen LogP contribution < -0.4 is 17.0 Å². The highest BCUT2D eigenvalue weighted by Crippen LogP contribution is 2.36. The number of fused-ring (bicyclic) bond motifs is 4. The van der Waals surface area contributed by atoms with E-state index >= 15 is 0 Å². The molecule has 8 nitrogen and oxygen atoms in total. The van der Waals surface area contributed by atoms with E-state index in [1.807, 2.05) is 15.5 Å². The van der Waals surface area contributed by atoms with Crippen molar-refractivity contribution in [2.45, 2.75) is 51.1 Å². The predicted octanol–water partition coefficient (Wildman–Crippen LogP) is 1.35. The normalized spacial score (nSPS) is 21.5. The Morgan fingerprint density at radius 1 is 1.24 bits per heavy atom. The molecule has 0 aliphatic carbocycles. The zero-order valence-corrected chi connectivity index (χ0v) is 16.8. The molecule has 4 N–H and O–H groups in total. The Morgan fingerprint density at radius 2 is 2.07 bits per heavy atom. The highest BCUT2D eigenvalue weighted by Gasteiger charge is 2.37. The summed E-state index contributed by atoms with van der Waals surface area (Å²) in [7, 11) is 0. The van der Waals surface area contributed by atoms with Crippen LogP contribution in [0.4, 0.5) is 5.82 Å². The molecule has 2 aliphatic heterocycles. The van der Waals surface area contributed by atoms with E-state index in [1.165, 1.54) is 6.33 Å². The van der Waals surface area contributed by atoms with Crippen LogP contribution in [-0.4, -0.2) is 44.5 Å². The van der Waals surface area contributed by atoms with Gasteiger partial charge in [-0.15, -0.1) is 0 Å². The van der Waals surface area contributed by atoms with Crippen LogP contribution in [0.1, 0.15) is 44.2 Å². The first-order chi connectivity index (χ1) is 14.0. The minimum atomic E-state index is -0.439. The molecule has 4 heterocycles. The fraction of sp³-hybridized carbons (Fsp3) is 0.524. The van der Waals surface area contributed by atoms with Gasteiger partial charge in [0.1, 0.15) is 12.1 Å². The van der Waals surface area contributed by atoms with E-state index < -0.39 is 6.04 Å². The fourth-order valence-electron chi connectivity index (χ4n) is 4.60. The summed E-state index contributed by atoms with van der Waals surface area (Å²) >= 11 is 0. The second-order valence-electron chi connectivity index (χ2n) is 8.24. The highest BCUT2D eigenvalue weighted by molar-refractivity contribution is 5.81. The van der Waals surface area contributed by atoms with Gasteiger partial charge in [0.05, 0.1) is 11.7 Å². The lowest BCUT2D eigenvalue weighted by Crippen LogP contribution is -2.53. The lowest BCUT2D eigenvalue weighted by atomic mass is 9.82. The molecule has 2 aromatic heterocycles. The third-order valence-electron chi connectivity index (χ3n) is 6.04. The number of amides is 1. The average molecular weight is 396 g/mol. The Labute approximate surface area is 169 Å². The predicted molar refractivity (Wildman–Crippen MR) is 111 cm³/mol. The van der Waals surface area contributed by atoms with Gasteiger partial charge >= 0.3 is 0 Å². The maximum absolute atomic E-state index is 12.8. The lowest BCUT2D eigenvalue weighted by Gasteiger charge is -2.43. The second kappa shape index (κ2) is 7.94. The molecule has 1 saturated heterocycles. The van der Waals surface area contributed by atoms with Crippen LogP contribution in [0.3, 0.4) is 0 Å². The second-order valence-corrected chi connectivity index (χ2v) is 8.24. The van der Waals surface area contributed by atoms with E-state index in [0.29, 0.717) is 31.1 Å². The van der Waals surface area contributed by atoms with Crippen molar-refractivity contribution in [1.29, 1.82) is 0 Å². The van der Waals surface area contributed by atoms with Gasteiger partial charge in [-0.25, -0.2) is 9.97 Å². The number of pyridine rings is 1. The van der Waals surface area contributed by atoms with Crippen molar-refractivity contribution in [3.8, 4) is 11.3 Å².